The zero-order chi connectivity index (χ0) is 13.1. The van der Waals surface area contributed by atoms with E-state index in [4.69, 9.17) is 0 Å². The molecular weight excluding hydrogens is 220 g/mol. The van der Waals surface area contributed by atoms with Crippen LogP contribution in [0, 0.1) is 17.0 Å². The molecule has 0 aliphatic heterocycles. The van der Waals surface area contributed by atoms with Gasteiger partial charge in [-0.15, -0.1) is 0 Å². The van der Waals surface area contributed by atoms with Crippen LogP contribution < -0.4 is 5.32 Å². The molecule has 0 spiro atoms. The second-order valence-corrected chi connectivity index (χ2v) is 5.73. The van der Waals surface area contributed by atoms with E-state index < -0.39 is 11.6 Å². The lowest BCUT2D eigenvalue weighted by Gasteiger charge is -2.25. The molecule has 0 amide bonds. The Hall–Kier alpha value is -0.960. The molecule has 1 nitrogen and oxygen atoms in total. The van der Waals surface area contributed by atoms with Gasteiger partial charge in [0.25, 0.3) is 0 Å². The molecule has 1 atom stereocenters. The molecular formula is C14H21F2N. The Balaban J connectivity index is 2.73. The summed E-state index contributed by atoms with van der Waals surface area (Å²) in [7, 11) is 1.88. The van der Waals surface area contributed by atoms with E-state index >= 15 is 0 Å². The van der Waals surface area contributed by atoms with Gasteiger partial charge in [0.2, 0.25) is 0 Å². The average Bonchev–Trinajstić information content (AvgIpc) is 2.12. The minimum absolute atomic E-state index is 0.194. The summed E-state index contributed by atoms with van der Waals surface area (Å²) in [5.41, 5.74) is 0.894. The average molecular weight is 241 g/mol. The largest absolute Gasteiger partial charge is 0.317 e. The first-order chi connectivity index (χ1) is 7.80. The molecule has 0 radical (unpaired) electrons. The summed E-state index contributed by atoms with van der Waals surface area (Å²) in [6, 6.07) is 3.93. The maximum atomic E-state index is 13.1. The first-order valence-electron chi connectivity index (χ1n) is 5.92. The first kappa shape index (κ1) is 14.1. The van der Waals surface area contributed by atoms with Crippen LogP contribution in [0.15, 0.2) is 18.2 Å². The van der Waals surface area contributed by atoms with E-state index in [9.17, 15) is 8.78 Å². The molecule has 1 rings (SSSR count). The van der Waals surface area contributed by atoms with E-state index in [-0.39, 0.29) is 11.5 Å². The summed E-state index contributed by atoms with van der Waals surface area (Å²) in [6.07, 6.45) is 1.60. The lowest BCUT2D eigenvalue weighted by Crippen LogP contribution is -2.32. The zero-order valence-electron chi connectivity index (χ0n) is 11.0. The fraction of sp³-hybridized carbons (Fsp3) is 0.571. The molecule has 1 N–H and O–H groups in total. The number of nitrogens with one attached hydrogen (secondary N) is 1. The number of hydrogen-bond donors (Lipinski definition) is 1. The van der Waals surface area contributed by atoms with Gasteiger partial charge in [-0.3, -0.25) is 0 Å². The van der Waals surface area contributed by atoms with E-state index in [1.54, 1.807) is 0 Å². The van der Waals surface area contributed by atoms with Gasteiger partial charge in [0.1, 0.15) is 11.6 Å². The van der Waals surface area contributed by atoms with Crippen LogP contribution >= 0.6 is 0 Å². The highest BCUT2D eigenvalue weighted by molar-refractivity contribution is 5.19. The van der Waals surface area contributed by atoms with Crippen LogP contribution in [0.2, 0.25) is 0 Å². The summed E-state index contributed by atoms with van der Waals surface area (Å²) < 4.78 is 26.1. The highest BCUT2D eigenvalue weighted by Gasteiger charge is 2.18. The van der Waals surface area contributed by atoms with Gasteiger partial charge in [-0.1, -0.05) is 20.8 Å². The predicted molar refractivity (Wildman–Crippen MR) is 67.0 cm³/mol. The zero-order valence-corrected chi connectivity index (χ0v) is 11.0. The van der Waals surface area contributed by atoms with Crippen molar-refractivity contribution in [1.82, 2.24) is 5.32 Å². The standard InChI is InChI=1S/C14H21F2N/c1-14(2,3)9-13(17-4)7-10-5-11(15)8-12(16)6-10/h5-6,8,13,17H,7,9H2,1-4H3. The van der Waals surface area contributed by atoms with Crippen LogP contribution in [-0.2, 0) is 6.42 Å². The highest BCUT2D eigenvalue weighted by atomic mass is 19.1. The summed E-state index contributed by atoms with van der Waals surface area (Å²) in [4.78, 5) is 0. The SMILES string of the molecule is CNC(Cc1cc(F)cc(F)c1)CC(C)(C)C. The summed E-state index contributed by atoms with van der Waals surface area (Å²) in [6.45, 7) is 6.47. The fourth-order valence-corrected chi connectivity index (χ4v) is 2.03. The Kier molecular flexibility index (Phi) is 4.63. The molecule has 0 saturated carbocycles. The number of benzene rings is 1. The van der Waals surface area contributed by atoms with E-state index in [2.05, 4.69) is 26.1 Å². The molecule has 0 saturated heterocycles. The van der Waals surface area contributed by atoms with Crippen molar-refractivity contribution in [2.24, 2.45) is 5.41 Å². The number of halogens is 2. The quantitative estimate of drug-likeness (QED) is 0.850. The number of rotatable bonds is 4. The van der Waals surface area contributed by atoms with E-state index in [1.165, 1.54) is 12.1 Å². The smallest absolute Gasteiger partial charge is 0.126 e. The van der Waals surface area contributed by atoms with Crippen molar-refractivity contribution in [3.63, 3.8) is 0 Å². The van der Waals surface area contributed by atoms with Gasteiger partial charge in [-0.05, 0) is 43.0 Å². The van der Waals surface area contributed by atoms with Crippen LogP contribution in [0.5, 0.6) is 0 Å². The van der Waals surface area contributed by atoms with Crippen molar-refractivity contribution in [3.8, 4) is 0 Å². The van der Waals surface area contributed by atoms with Gasteiger partial charge in [0.05, 0.1) is 0 Å². The summed E-state index contributed by atoms with van der Waals surface area (Å²) >= 11 is 0. The molecule has 0 bridgehead atoms. The second-order valence-electron chi connectivity index (χ2n) is 5.73. The van der Waals surface area contributed by atoms with Crippen molar-refractivity contribution in [2.75, 3.05) is 7.05 Å². The van der Waals surface area contributed by atoms with Crippen molar-refractivity contribution in [3.05, 3.63) is 35.4 Å². The molecule has 17 heavy (non-hydrogen) atoms. The normalized spacial score (nSPS) is 13.8. The third-order valence-electron chi connectivity index (χ3n) is 2.67. The Labute approximate surface area is 102 Å². The van der Waals surface area contributed by atoms with Gasteiger partial charge in [-0.25, -0.2) is 8.78 Å². The van der Waals surface area contributed by atoms with Gasteiger partial charge in [0, 0.05) is 12.1 Å². The van der Waals surface area contributed by atoms with Crippen molar-refractivity contribution >= 4 is 0 Å². The third-order valence-corrected chi connectivity index (χ3v) is 2.67. The Bertz CT molecular complexity index is 349. The van der Waals surface area contributed by atoms with Gasteiger partial charge in [-0.2, -0.15) is 0 Å². The van der Waals surface area contributed by atoms with Crippen LogP contribution in [-0.4, -0.2) is 13.1 Å². The highest BCUT2D eigenvalue weighted by Crippen LogP contribution is 2.22. The minimum atomic E-state index is -0.509. The van der Waals surface area contributed by atoms with E-state index in [0.29, 0.717) is 12.0 Å². The lowest BCUT2D eigenvalue weighted by atomic mass is 9.86. The van der Waals surface area contributed by atoms with Crippen LogP contribution in [0.25, 0.3) is 0 Å². The third kappa shape index (κ3) is 5.26. The summed E-state index contributed by atoms with van der Waals surface area (Å²) in [5.74, 6) is -1.02. The molecule has 96 valence electrons. The fourth-order valence-electron chi connectivity index (χ4n) is 2.03. The van der Waals surface area contributed by atoms with Gasteiger partial charge in [0.15, 0.2) is 0 Å². The van der Waals surface area contributed by atoms with Gasteiger partial charge >= 0.3 is 0 Å². The number of hydrogen-bond acceptors (Lipinski definition) is 1. The molecule has 0 fully saturated rings. The topological polar surface area (TPSA) is 12.0 Å². The van der Waals surface area contributed by atoms with Crippen LogP contribution in [0.3, 0.4) is 0 Å². The molecule has 0 aliphatic carbocycles. The number of likely N-dealkylation sites (N-methyl/N-ethyl adjacent to an activating group) is 1. The van der Waals surface area contributed by atoms with Crippen molar-refractivity contribution in [1.29, 1.82) is 0 Å². The molecule has 1 aromatic rings. The Morgan fingerprint density at radius 2 is 1.65 bits per heavy atom. The lowest BCUT2D eigenvalue weighted by molar-refractivity contribution is 0.315. The predicted octanol–water partition coefficient (Wildman–Crippen LogP) is 3.53. The maximum absolute atomic E-state index is 13.1. The molecule has 0 aliphatic rings. The summed E-state index contributed by atoms with van der Waals surface area (Å²) in [5, 5.41) is 3.20. The van der Waals surface area contributed by atoms with Gasteiger partial charge < -0.3 is 5.32 Å². The Morgan fingerprint density at radius 3 is 2.06 bits per heavy atom. The molecule has 1 unspecified atom stereocenters. The van der Waals surface area contributed by atoms with E-state index in [1.807, 2.05) is 7.05 Å². The molecule has 1 aromatic carbocycles. The monoisotopic (exact) mass is 241 g/mol. The maximum Gasteiger partial charge on any atom is 0.126 e. The van der Waals surface area contributed by atoms with Crippen molar-refractivity contribution in [2.45, 2.75) is 39.7 Å². The molecule has 3 heteroatoms. The minimum Gasteiger partial charge on any atom is -0.317 e. The molecule has 0 aromatic heterocycles. The van der Waals surface area contributed by atoms with Crippen LogP contribution in [0.4, 0.5) is 8.78 Å². The van der Waals surface area contributed by atoms with E-state index in [0.717, 1.165) is 12.5 Å². The Morgan fingerprint density at radius 1 is 1.12 bits per heavy atom. The second kappa shape index (κ2) is 5.58. The van der Waals surface area contributed by atoms with Crippen LogP contribution in [0.1, 0.15) is 32.8 Å². The first-order valence-corrected chi connectivity index (χ1v) is 5.92. The van der Waals surface area contributed by atoms with Crippen molar-refractivity contribution < 1.29 is 8.78 Å². The molecule has 0 heterocycles.